The Morgan fingerprint density at radius 3 is 1.32 bits per heavy atom. The second kappa shape index (κ2) is 11.6. The maximum absolute atomic E-state index is 13.1. The Balaban J connectivity index is 2.59. The van der Waals surface area contributed by atoms with Crippen molar-refractivity contribution in [1.82, 2.24) is 0 Å². The molecule has 0 unspecified atom stereocenters. The highest BCUT2D eigenvalue weighted by Crippen LogP contribution is 2.36. The molecule has 34 heavy (non-hydrogen) atoms. The number of carbonyl (C=O) groups excluding carboxylic acids is 4. The van der Waals surface area contributed by atoms with E-state index in [0.717, 1.165) is 0 Å². The Kier molecular flexibility index (Phi) is 8.89. The number of Topliss-reactive ketones (excluding diaryl/α,β-unsaturated/α-hetero) is 2. The highest BCUT2D eigenvalue weighted by Gasteiger charge is 2.25. The molecule has 0 aliphatic heterocycles. The van der Waals surface area contributed by atoms with Gasteiger partial charge in [-0.3, -0.25) is 19.2 Å². The number of hydrogen-bond donors (Lipinski definition) is 0. The zero-order chi connectivity index (χ0) is 25.4. The second-order valence-corrected chi connectivity index (χ2v) is 7.16. The van der Waals surface area contributed by atoms with Gasteiger partial charge in [-0.25, -0.2) is 0 Å². The molecule has 8 nitrogen and oxygen atoms in total. The van der Waals surface area contributed by atoms with Crippen LogP contribution in [0.2, 0.25) is 0 Å². The number of ether oxygens (including phenoxy) is 4. The number of allylic oxidation sites excluding steroid dienone is 2. The second-order valence-electron chi connectivity index (χ2n) is 7.16. The molecule has 2 aromatic carbocycles. The predicted molar refractivity (Wildman–Crippen MR) is 125 cm³/mol. The van der Waals surface area contributed by atoms with Crippen molar-refractivity contribution in [2.24, 2.45) is 0 Å². The largest absolute Gasteiger partial charge is 0.493 e. The van der Waals surface area contributed by atoms with Crippen LogP contribution in [0.1, 0.15) is 45.7 Å². The fourth-order valence-corrected chi connectivity index (χ4v) is 3.28. The van der Waals surface area contributed by atoms with E-state index in [1.165, 1.54) is 52.3 Å². The Morgan fingerprint density at radius 2 is 1.06 bits per heavy atom. The third kappa shape index (κ3) is 5.98. The van der Waals surface area contributed by atoms with Crippen LogP contribution in [0.15, 0.2) is 49.6 Å². The number of esters is 2. The lowest BCUT2D eigenvalue weighted by molar-refractivity contribution is -0.133. The summed E-state index contributed by atoms with van der Waals surface area (Å²) in [6.07, 6.45) is 3.67. The van der Waals surface area contributed by atoms with E-state index in [9.17, 15) is 19.2 Å². The normalized spacial score (nSPS) is 10.1. The number of rotatable bonds is 11. The number of carbonyl (C=O) groups is 4. The number of ketones is 2. The summed E-state index contributed by atoms with van der Waals surface area (Å²) in [5.74, 6) is -2.20. The van der Waals surface area contributed by atoms with E-state index in [1.807, 2.05) is 0 Å². The molecule has 0 amide bonds. The summed E-state index contributed by atoms with van der Waals surface area (Å²) in [6.45, 7) is 9.83. The molecule has 0 saturated heterocycles. The molecular formula is C26H26O8. The Bertz CT molecular complexity index is 1070. The standard InChI is InChI=1S/C26H26O8/c1-7-9-17-11-19(13-21(31-5)25(17)33-15(3)27)23(29)24(30)20-12-18(10-8-2)26(34-16(4)28)22(14-20)32-6/h7-8,11-14H,1-2,9-10H2,3-6H3. The quantitative estimate of drug-likeness (QED) is 0.160. The molecule has 2 rings (SSSR count). The smallest absolute Gasteiger partial charge is 0.308 e. The first-order chi connectivity index (χ1) is 16.2. The first-order valence-electron chi connectivity index (χ1n) is 10.3. The Hall–Kier alpha value is -4.20. The predicted octanol–water partition coefficient (Wildman–Crippen LogP) is 4.08. The van der Waals surface area contributed by atoms with Crippen LogP contribution in [-0.2, 0) is 22.4 Å². The third-order valence-corrected chi connectivity index (χ3v) is 4.65. The van der Waals surface area contributed by atoms with E-state index in [-0.39, 0.29) is 47.0 Å². The van der Waals surface area contributed by atoms with Crippen LogP contribution >= 0.6 is 0 Å². The fourth-order valence-electron chi connectivity index (χ4n) is 3.28. The van der Waals surface area contributed by atoms with Crippen molar-refractivity contribution in [2.45, 2.75) is 26.7 Å². The number of benzene rings is 2. The van der Waals surface area contributed by atoms with Crippen molar-refractivity contribution < 1.29 is 38.1 Å². The SMILES string of the molecule is C=CCc1cc(C(=O)C(=O)c2cc(CC=C)c(OC(C)=O)c(OC)c2)cc(OC)c1OC(C)=O. The lowest BCUT2D eigenvalue weighted by Gasteiger charge is -2.15. The summed E-state index contributed by atoms with van der Waals surface area (Å²) in [7, 11) is 2.71. The fraction of sp³-hybridized carbons (Fsp3) is 0.231. The maximum atomic E-state index is 13.1. The van der Waals surface area contributed by atoms with Crippen molar-refractivity contribution in [1.29, 1.82) is 0 Å². The van der Waals surface area contributed by atoms with E-state index in [2.05, 4.69) is 13.2 Å². The summed E-state index contributed by atoms with van der Waals surface area (Å²) < 4.78 is 21.1. The molecule has 0 heterocycles. The monoisotopic (exact) mass is 466 g/mol. The van der Waals surface area contributed by atoms with E-state index < -0.39 is 23.5 Å². The van der Waals surface area contributed by atoms with Gasteiger partial charge in [0.1, 0.15) is 0 Å². The first-order valence-corrected chi connectivity index (χ1v) is 10.3. The van der Waals surface area contributed by atoms with Crippen molar-refractivity contribution in [2.75, 3.05) is 14.2 Å². The average molecular weight is 466 g/mol. The van der Waals surface area contributed by atoms with Gasteiger partial charge in [0.05, 0.1) is 14.2 Å². The maximum Gasteiger partial charge on any atom is 0.308 e. The van der Waals surface area contributed by atoms with Gasteiger partial charge < -0.3 is 18.9 Å². The molecule has 0 spiro atoms. The van der Waals surface area contributed by atoms with Gasteiger partial charge in [0.15, 0.2) is 23.0 Å². The summed E-state index contributed by atoms with van der Waals surface area (Å²) in [4.78, 5) is 49.3. The van der Waals surface area contributed by atoms with Crippen LogP contribution in [0.4, 0.5) is 0 Å². The molecule has 0 aromatic heterocycles. The van der Waals surface area contributed by atoms with Crippen LogP contribution in [0.3, 0.4) is 0 Å². The molecule has 0 radical (unpaired) electrons. The molecule has 2 aromatic rings. The van der Waals surface area contributed by atoms with Crippen LogP contribution in [0, 0.1) is 0 Å². The molecular weight excluding hydrogens is 440 g/mol. The summed E-state index contributed by atoms with van der Waals surface area (Å²) in [6, 6.07) is 5.58. The van der Waals surface area contributed by atoms with E-state index >= 15 is 0 Å². The minimum absolute atomic E-state index is 0.0444. The topological polar surface area (TPSA) is 105 Å². The molecule has 0 aliphatic carbocycles. The molecule has 0 bridgehead atoms. The molecule has 0 atom stereocenters. The van der Waals surface area contributed by atoms with Crippen LogP contribution in [0.25, 0.3) is 0 Å². The van der Waals surface area contributed by atoms with Gasteiger partial charge in [-0.15, -0.1) is 13.2 Å². The summed E-state index contributed by atoms with van der Waals surface area (Å²) >= 11 is 0. The average Bonchev–Trinajstić information content (AvgIpc) is 2.79. The number of hydrogen-bond acceptors (Lipinski definition) is 8. The van der Waals surface area contributed by atoms with Gasteiger partial charge in [0, 0.05) is 36.1 Å². The van der Waals surface area contributed by atoms with Crippen LogP contribution in [0.5, 0.6) is 23.0 Å². The summed E-state index contributed by atoms with van der Waals surface area (Å²) in [5, 5.41) is 0. The molecule has 0 aliphatic rings. The van der Waals surface area contributed by atoms with Gasteiger partial charge in [-0.1, -0.05) is 12.2 Å². The highest BCUT2D eigenvalue weighted by molar-refractivity contribution is 6.49. The van der Waals surface area contributed by atoms with Gasteiger partial charge in [0.25, 0.3) is 0 Å². The molecule has 178 valence electrons. The Labute approximate surface area is 197 Å². The minimum Gasteiger partial charge on any atom is -0.493 e. The summed E-state index contributed by atoms with van der Waals surface area (Å²) in [5.41, 5.74) is 0.998. The lowest BCUT2D eigenvalue weighted by Crippen LogP contribution is -2.17. The van der Waals surface area contributed by atoms with Crippen molar-refractivity contribution >= 4 is 23.5 Å². The zero-order valence-electron chi connectivity index (χ0n) is 19.6. The van der Waals surface area contributed by atoms with Crippen LogP contribution < -0.4 is 18.9 Å². The number of methoxy groups -OCH3 is 2. The van der Waals surface area contributed by atoms with Crippen molar-refractivity contribution in [3.05, 3.63) is 71.8 Å². The molecule has 0 saturated carbocycles. The highest BCUT2D eigenvalue weighted by atomic mass is 16.6. The van der Waals surface area contributed by atoms with E-state index in [4.69, 9.17) is 18.9 Å². The van der Waals surface area contributed by atoms with E-state index in [1.54, 1.807) is 12.2 Å². The molecule has 0 fully saturated rings. The van der Waals surface area contributed by atoms with Gasteiger partial charge in [-0.2, -0.15) is 0 Å². The lowest BCUT2D eigenvalue weighted by atomic mass is 9.96. The minimum atomic E-state index is -0.815. The van der Waals surface area contributed by atoms with Gasteiger partial charge in [0.2, 0.25) is 11.6 Å². The first kappa shape index (κ1) is 26.1. The zero-order valence-corrected chi connectivity index (χ0v) is 19.6. The van der Waals surface area contributed by atoms with E-state index in [0.29, 0.717) is 11.1 Å². The van der Waals surface area contributed by atoms with Gasteiger partial charge >= 0.3 is 11.9 Å². The third-order valence-electron chi connectivity index (χ3n) is 4.65. The van der Waals surface area contributed by atoms with Gasteiger partial charge in [-0.05, 0) is 37.1 Å². The van der Waals surface area contributed by atoms with Crippen molar-refractivity contribution in [3.8, 4) is 23.0 Å². The molecule has 0 N–H and O–H groups in total. The van der Waals surface area contributed by atoms with Crippen molar-refractivity contribution in [3.63, 3.8) is 0 Å². The van der Waals surface area contributed by atoms with Crippen LogP contribution in [-0.4, -0.2) is 37.7 Å². The Morgan fingerprint density at radius 1 is 0.706 bits per heavy atom. The molecule has 8 heteroatoms.